The first kappa shape index (κ1) is 40.6. The van der Waals surface area contributed by atoms with E-state index in [1.165, 1.54) is 43.2 Å². The van der Waals surface area contributed by atoms with Crippen LogP contribution in [0.5, 0.6) is 11.5 Å². The molecule has 4 nitrogen and oxygen atoms in total. The molecule has 0 radical (unpaired) electrons. The standard InChI is InChI=1S/C48H72O4/c1-44(2,3)36-26-32(27-37(30-36)45(4,5)6)42(49)51-40-20-16-34(17-21-40)48(24-14-13-15-25-48)35-18-22-41(23-19-35)52-43(50)33-28-38(46(7,8)9)31-39(29-33)47(10,11)12/h16-23,32-33,36-39H,13-15,24-31H2,1-12H3. The van der Waals surface area contributed by atoms with E-state index in [0.29, 0.717) is 35.2 Å². The van der Waals surface area contributed by atoms with Crippen molar-refractivity contribution in [3.05, 3.63) is 59.7 Å². The van der Waals surface area contributed by atoms with Gasteiger partial charge in [-0.25, -0.2) is 0 Å². The topological polar surface area (TPSA) is 52.6 Å². The van der Waals surface area contributed by atoms with Crippen molar-refractivity contribution < 1.29 is 19.1 Å². The summed E-state index contributed by atoms with van der Waals surface area (Å²) in [4.78, 5) is 27.3. The zero-order valence-electron chi connectivity index (χ0n) is 35.0. The van der Waals surface area contributed by atoms with Crippen LogP contribution in [0.15, 0.2) is 48.5 Å². The van der Waals surface area contributed by atoms with Crippen molar-refractivity contribution >= 4 is 11.9 Å². The van der Waals surface area contributed by atoms with E-state index in [2.05, 4.69) is 107 Å². The number of hydrogen-bond donors (Lipinski definition) is 0. The van der Waals surface area contributed by atoms with E-state index >= 15 is 0 Å². The van der Waals surface area contributed by atoms with Gasteiger partial charge >= 0.3 is 11.9 Å². The number of benzene rings is 2. The quantitative estimate of drug-likeness (QED) is 0.221. The molecule has 0 aliphatic heterocycles. The van der Waals surface area contributed by atoms with E-state index in [-0.39, 0.29) is 50.8 Å². The fourth-order valence-electron chi connectivity index (χ4n) is 9.83. The Kier molecular flexibility index (Phi) is 11.9. The third-order valence-electron chi connectivity index (χ3n) is 13.9. The van der Waals surface area contributed by atoms with E-state index in [4.69, 9.17) is 9.47 Å². The molecule has 3 aliphatic rings. The average Bonchev–Trinajstić information content (AvgIpc) is 3.07. The Hall–Kier alpha value is -2.62. The summed E-state index contributed by atoms with van der Waals surface area (Å²) >= 11 is 0. The third kappa shape index (κ3) is 9.54. The molecular formula is C48H72O4. The van der Waals surface area contributed by atoms with Gasteiger partial charge in [0.1, 0.15) is 11.5 Å². The summed E-state index contributed by atoms with van der Waals surface area (Å²) in [7, 11) is 0. The lowest BCUT2D eigenvalue weighted by atomic mass is 9.60. The Morgan fingerprint density at radius 1 is 0.462 bits per heavy atom. The minimum absolute atomic E-state index is 0.0721. The lowest BCUT2D eigenvalue weighted by Crippen LogP contribution is -2.39. The number of ether oxygens (including phenoxy) is 2. The molecule has 4 unspecified atom stereocenters. The second-order valence-corrected chi connectivity index (χ2v) is 21.6. The lowest BCUT2D eigenvalue weighted by Gasteiger charge is -2.45. The first-order chi connectivity index (χ1) is 24.1. The van der Waals surface area contributed by atoms with Gasteiger partial charge in [-0.15, -0.1) is 0 Å². The molecule has 0 aromatic heterocycles. The first-order valence-corrected chi connectivity index (χ1v) is 20.7. The van der Waals surface area contributed by atoms with Crippen LogP contribution >= 0.6 is 0 Å². The Bertz CT molecular complexity index is 1350. The van der Waals surface area contributed by atoms with Gasteiger partial charge in [-0.1, -0.05) is 127 Å². The molecule has 288 valence electrons. The highest BCUT2D eigenvalue weighted by molar-refractivity contribution is 5.76. The van der Waals surface area contributed by atoms with Crippen LogP contribution in [0.1, 0.15) is 165 Å². The summed E-state index contributed by atoms with van der Waals surface area (Å²) in [5.41, 5.74) is 3.07. The minimum atomic E-state index is -0.115. The van der Waals surface area contributed by atoms with Crippen LogP contribution in [0.3, 0.4) is 0 Å². The summed E-state index contributed by atoms with van der Waals surface area (Å²) in [6.07, 6.45) is 11.7. The first-order valence-electron chi connectivity index (χ1n) is 20.7. The van der Waals surface area contributed by atoms with Gasteiger partial charge < -0.3 is 9.47 Å². The van der Waals surface area contributed by atoms with Crippen LogP contribution in [-0.2, 0) is 15.0 Å². The van der Waals surface area contributed by atoms with Crippen LogP contribution in [-0.4, -0.2) is 11.9 Å². The molecule has 4 atom stereocenters. The highest BCUT2D eigenvalue weighted by atomic mass is 16.5. The highest BCUT2D eigenvalue weighted by Gasteiger charge is 2.44. The largest absolute Gasteiger partial charge is 0.426 e. The van der Waals surface area contributed by atoms with Gasteiger partial charge in [0.05, 0.1) is 11.8 Å². The average molecular weight is 713 g/mol. The monoisotopic (exact) mass is 713 g/mol. The zero-order valence-corrected chi connectivity index (χ0v) is 35.0. The van der Waals surface area contributed by atoms with Crippen molar-refractivity contribution in [3.8, 4) is 11.5 Å². The molecule has 3 fully saturated rings. The van der Waals surface area contributed by atoms with Crippen molar-refractivity contribution in [3.63, 3.8) is 0 Å². The van der Waals surface area contributed by atoms with Crippen molar-refractivity contribution in [2.45, 2.75) is 159 Å². The summed E-state index contributed by atoms with van der Waals surface area (Å²) in [5, 5.41) is 0. The minimum Gasteiger partial charge on any atom is -0.426 e. The zero-order chi connectivity index (χ0) is 38.3. The SMILES string of the molecule is CC(C)(C)C1CC(C(=O)Oc2ccc(C3(c4ccc(OC(=O)C5CC(C(C)(C)C)CC(C(C)(C)C)C5)cc4)CCCCC3)cc2)CC(C(C)(C)C)C1. The summed E-state index contributed by atoms with van der Waals surface area (Å²) in [6.45, 7) is 27.7. The molecule has 52 heavy (non-hydrogen) atoms. The van der Waals surface area contributed by atoms with Gasteiger partial charge in [0, 0.05) is 5.41 Å². The van der Waals surface area contributed by atoms with Crippen LogP contribution < -0.4 is 9.47 Å². The predicted octanol–water partition coefficient (Wildman–Crippen LogP) is 13.0. The molecule has 3 aliphatic carbocycles. The smallest absolute Gasteiger partial charge is 0.314 e. The fourth-order valence-corrected chi connectivity index (χ4v) is 9.83. The van der Waals surface area contributed by atoms with E-state index in [9.17, 15) is 9.59 Å². The second-order valence-electron chi connectivity index (χ2n) is 21.6. The van der Waals surface area contributed by atoms with Crippen molar-refractivity contribution in [1.29, 1.82) is 0 Å². The maximum atomic E-state index is 13.7. The van der Waals surface area contributed by atoms with Crippen LogP contribution in [0.4, 0.5) is 0 Å². The van der Waals surface area contributed by atoms with Crippen molar-refractivity contribution in [1.82, 2.24) is 0 Å². The van der Waals surface area contributed by atoms with Crippen LogP contribution in [0, 0.1) is 57.2 Å². The molecule has 0 N–H and O–H groups in total. The Balaban J connectivity index is 1.29. The summed E-state index contributed by atoms with van der Waals surface area (Å²) in [5.74, 6) is 2.97. The number of carbonyl (C=O) groups excluding carboxylic acids is 2. The van der Waals surface area contributed by atoms with Crippen molar-refractivity contribution in [2.24, 2.45) is 57.2 Å². The molecule has 0 spiro atoms. The molecule has 2 aromatic rings. The highest BCUT2D eigenvalue weighted by Crippen LogP contribution is 2.51. The molecular weight excluding hydrogens is 641 g/mol. The molecule has 2 aromatic carbocycles. The Morgan fingerprint density at radius 2 is 0.750 bits per heavy atom. The number of hydrogen-bond acceptors (Lipinski definition) is 4. The number of rotatable bonds is 6. The Morgan fingerprint density at radius 3 is 1.02 bits per heavy atom. The predicted molar refractivity (Wildman–Crippen MR) is 214 cm³/mol. The van der Waals surface area contributed by atoms with Crippen molar-refractivity contribution in [2.75, 3.05) is 0 Å². The molecule has 4 heteroatoms. The van der Waals surface area contributed by atoms with Gasteiger partial charge in [-0.3, -0.25) is 9.59 Å². The second kappa shape index (κ2) is 15.3. The molecule has 0 saturated heterocycles. The van der Waals surface area contributed by atoms with Gasteiger partial charge in [0.2, 0.25) is 0 Å². The molecule has 3 saturated carbocycles. The molecule has 0 bridgehead atoms. The third-order valence-corrected chi connectivity index (χ3v) is 13.9. The lowest BCUT2D eigenvalue weighted by molar-refractivity contribution is -0.143. The van der Waals surface area contributed by atoms with Crippen LogP contribution in [0.2, 0.25) is 0 Å². The van der Waals surface area contributed by atoms with Gasteiger partial charge in [-0.2, -0.15) is 0 Å². The molecule has 0 amide bonds. The van der Waals surface area contributed by atoms with E-state index < -0.39 is 0 Å². The number of carbonyl (C=O) groups is 2. The maximum Gasteiger partial charge on any atom is 0.314 e. The van der Waals surface area contributed by atoms with E-state index in [1.54, 1.807) is 0 Å². The maximum absolute atomic E-state index is 13.7. The van der Waals surface area contributed by atoms with Gasteiger partial charge in [0.25, 0.3) is 0 Å². The van der Waals surface area contributed by atoms with Gasteiger partial charge in [-0.05, 0) is 132 Å². The number of esters is 2. The van der Waals surface area contributed by atoms with E-state index in [0.717, 1.165) is 38.5 Å². The normalized spacial score (nSPS) is 27.5. The van der Waals surface area contributed by atoms with E-state index in [1.807, 2.05) is 24.3 Å². The van der Waals surface area contributed by atoms with Gasteiger partial charge in [0.15, 0.2) is 0 Å². The van der Waals surface area contributed by atoms with Crippen LogP contribution in [0.25, 0.3) is 0 Å². The molecule has 0 heterocycles. The summed E-state index contributed by atoms with van der Waals surface area (Å²) < 4.78 is 12.2. The Labute approximate surface area is 317 Å². The summed E-state index contributed by atoms with van der Waals surface area (Å²) in [6, 6.07) is 16.7. The molecule has 5 rings (SSSR count). The fraction of sp³-hybridized carbons (Fsp3) is 0.708.